The molecule has 2 aromatic carbocycles. The first-order chi connectivity index (χ1) is 14.0. The molecule has 0 radical (unpaired) electrons. The van der Waals surface area contributed by atoms with E-state index in [1.807, 2.05) is 30.3 Å². The van der Waals surface area contributed by atoms with Gasteiger partial charge in [-0.1, -0.05) is 52.3 Å². The van der Waals surface area contributed by atoms with Crippen LogP contribution in [0.5, 0.6) is 0 Å². The molecule has 0 unspecified atom stereocenters. The van der Waals surface area contributed by atoms with Gasteiger partial charge in [0.15, 0.2) is 0 Å². The maximum absolute atomic E-state index is 12.6. The van der Waals surface area contributed by atoms with Crippen molar-refractivity contribution in [1.82, 2.24) is 9.47 Å². The SMILES string of the molecule is C=CCN1C(=O)S/C(=C/c2c(C)n(Cc3ccc(Br)cc3)c3ccccc23)C1=O. The van der Waals surface area contributed by atoms with Crippen molar-refractivity contribution in [3.05, 3.63) is 87.4 Å². The fourth-order valence-electron chi connectivity index (χ4n) is 3.53. The van der Waals surface area contributed by atoms with Crippen molar-refractivity contribution in [3.8, 4) is 0 Å². The van der Waals surface area contributed by atoms with E-state index in [1.165, 1.54) is 10.5 Å². The molecule has 0 atom stereocenters. The number of imide groups is 1. The predicted octanol–water partition coefficient (Wildman–Crippen LogP) is 5.98. The van der Waals surface area contributed by atoms with Crippen LogP contribution < -0.4 is 0 Å². The molecule has 4 rings (SSSR count). The van der Waals surface area contributed by atoms with Gasteiger partial charge >= 0.3 is 0 Å². The molecular weight excluding hydrogens is 448 g/mol. The van der Waals surface area contributed by atoms with Gasteiger partial charge in [0.2, 0.25) is 0 Å². The average Bonchev–Trinajstić information content (AvgIpc) is 3.13. The lowest BCUT2D eigenvalue weighted by atomic mass is 10.1. The number of benzene rings is 2. The van der Waals surface area contributed by atoms with Gasteiger partial charge in [-0.3, -0.25) is 14.5 Å². The molecule has 1 aliphatic heterocycles. The van der Waals surface area contributed by atoms with Gasteiger partial charge in [-0.05, 0) is 48.5 Å². The molecule has 2 amide bonds. The summed E-state index contributed by atoms with van der Waals surface area (Å²) in [5.41, 5.74) is 4.32. The molecule has 1 fully saturated rings. The van der Waals surface area contributed by atoms with Gasteiger partial charge in [0.1, 0.15) is 0 Å². The summed E-state index contributed by atoms with van der Waals surface area (Å²) in [5, 5.41) is 0.815. The topological polar surface area (TPSA) is 42.3 Å². The number of carbonyl (C=O) groups is 2. The van der Waals surface area contributed by atoms with Crippen LogP contribution in [0.25, 0.3) is 17.0 Å². The molecule has 2 heterocycles. The number of nitrogens with zero attached hydrogens (tertiary/aromatic N) is 2. The number of thioether (sulfide) groups is 1. The van der Waals surface area contributed by atoms with Crippen LogP contribution in [0.15, 0.2) is 70.6 Å². The zero-order valence-electron chi connectivity index (χ0n) is 15.9. The van der Waals surface area contributed by atoms with Crippen molar-refractivity contribution in [2.45, 2.75) is 13.5 Å². The van der Waals surface area contributed by atoms with Crippen LogP contribution in [0, 0.1) is 6.92 Å². The Morgan fingerprint density at radius 3 is 2.55 bits per heavy atom. The normalized spacial score (nSPS) is 15.7. The number of halogens is 1. The first kappa shape index (κ1) is 19.7. The third kappa shape index (κ3) is 3.70. The summed E-state index contributed by atoms with van der Waals surface area (Å²) >= 11 is 4.46. The van der Waals surface area contributed by atoms with Gasteiger partial charge in [0, 0.05) is 39.7 Å². The number of rotatable bonds is 5. The number of aromatic nitrogens is 1. The molecule has 0 aliphatic carbocycles. The van der Waals surface area contributed by atoms with Crippen molar-refractivity contribution < 1.29 is 9.59 Å². The second kappa shape index (κ2) is 8.05. The van der Waals surface area contributed by atoms with E-state index >= 15 is 0 Å². The molecule has 4 nitrogen and oxygen atoms in total. The second-order valence-electron chi connectivity index (χ2n) is 6.81. The van der Waals surface area contributed by atoms with Gasteiger partial charge in [0.25, 0.3) is 11.1 Å². The quantitative estimate of drug-likeness (QED) is 0.342. The van der Waals surface area contributed by atoms with E-state index in [-0.39, 0.29) is 17.7 Å². The molecule has 1 saturated heterocycles. The molecule has 0 bridgehead atoms. The highest BCUT2D eigenvalue weighted by molar-refractivity contribution is 9.10. The summed E-state index contributed by atoms with van der Waals surface area (Å²) in [5.74, 6) is -0.260. The highest BCUT2D eigenvalue weighted by Crippen LogP contribution is 2.35. The lowest BCUT2D eigenvalue weighted by Gasteiger charge is -2.09. The monoisotopic (exact) mass is 466 g/mol. The third-order valence-corrected chi connectivity index (χ3v) is 6.43. The molecule has 0 spiro atoms. The van der Waals surface area contributed by atoms with Crippen molar-refractivity contribution in [1.29, 1.82) is 0 Å². The van der Waals surface area contributed by atoms with E-state index in [0.717, 1.165) is 44.9 Å². The molecule has 1 aromatic heterocycles. The summed E-state index contributed by atoms with van der Waals surface area (Å²) in [4.78, 5) is 26.5. The molecule has 6 heteroatoms. The first-order valence-electron chi connectivity index (χ1n) is 9.18. The molecule has 1 aliphatic rings. The fourth-order valence-corrected chi connectivity index (χ4v) is 4.63. The van der Waals surface area contributed by atoms with Gasteiger partial charge in [0.05, 0.1) is 4.91 Å². The number of para-hydroxylation sites is 1. The van der Waals surface area contributed by atoms with Gasteiger partial charge in [-0.25, -0.2) is 0 Å². The van der Waals surface area contributed by atoms with E-state index in [2.05, 4.69) is 58.3 Å². The van der Waals surface area contributed by atoms with Crippen LogP contribution in [-0.2, 0) is 11.3 Å². The predicted molar refractivity (Wildman–Crippen MR) is 123 cm³/mol. The minimum absolute atomic E-state index is 0.228. The number of hydrogen-bond donors (Lipinski definition) is 0. The van der Waals surface area contributed by atoms with E-state index in [9.17, 15) is 9.59 Å². The Bertz CT molecular complexity index is 1160. The number of hydrogen-bond acceptors (Lipinski definition) is 3. The Morgan fingerprint density at radius 2 is 1.83 bits per heavy atom. The van der Waals surface area contributed by atoms with Crippen molar-refractivity contribution in [3.63, 3.8) is 0 Å². The number of fused-ring (bicyclic) bond motifs is 1. The lowest BCUT2D eigenvalue weighted by Crippen LogP contribution is -2.27. The summed E-state index contributed by atoms with van der Waals surface area (Å²) in [6, 6.07) is 16.4. The highest BCUT2D eigenvalue weighted by atomic mass is 79.9. The smallest absolute Gasteiger partial charge is 0.293 e. The first-order valence-corrected chi connectivity index (χ1v) is 10.8. The zero-order valence-corrected chi connectivity index (χ0v) is 18.3. The molecule has 29 heavy (non-hydrogen) atoms. The van der Waals surface area contributed by atoms with E-state index in [0.29, 0.717) is 4.91 Å². The Labute approximate surface area is 182 Å². The van der Waals surface area contributed by atoms with E-state index < -0.39 is 0 Å². The number of amides is 2. The standard InChI is InChI=1S/C23H19BrN2O2S/c1-3-12-25-22(27)21(29-23(25)28)13-19-15(2)26(20-7-5-4-6-18(19)20)14-16-8-10-17(24)11-9-16/h3-11,13H,1,12,14H2,2H3/b21-13+. The van der Waals surface area contributed by atoms with Crippen molar-refractivity contribution in [2.24, 2.45) is 0 Å². The summed E-state index contributed by atoms with van der Waals surface area (Å²) < 4.78 is 3.30. The molecule has 0 N–H and O–H groups in total. The maximum atomic E-state index is 12.6. The average molecular weight is 467 g/mol. The Morgan fingerprint density at radius 1 is 1.10 bits per heavy atom. The van der Waals surface area contributed by atoms with Gasteiger partial charge in [-0.2, -0.15) is 0 Å². The van der Waals surface area contributed by atoms with Crippen LogP contribution in [0.4, 0.5) is 4.79 Å². The minimum Gasteiger partial charge on any atom is -0.340 e. The Hall–Kier alpha value is -2.57. The highest BCUT2D eigenvalue weighted by Gasteiger charge is 2.34. The van der Waals surface area contributed by atoms with Crippen LogP contribution in [-0.4, -0.2) is 27.2 Å². The fraction of sp³-hybridized carbons (Fsp3) is 0.130. The maximum Gasteiger partial charge on any atom is 0.293 e. The Balaban J connectivity index is 1.79. The summed E-state index contributed by atoms with van der Waals surface area (Å²) in [7, 11) is 0. The van der Waals surface area contributed by atoms with Crippen molar-refractivity contribution in [2.75, 3.05) is 6.54 Å². The second-order valence-corrected chi connectivity index (χ2v) is 8.72. The van der Waals surface area contributed by atoms with Gasteiger partial charge in [-0.15, -0.1) is 6.58 Å². The van der Waals surface area contributed by atoms with Crippen molar-refractivity contribution >= 4 is 55.8 Å². The van der Waals surface area contributed by atoms with Crippen LogP contribution in [0.2, 0.25) is 0 Å². The molecule has 146 valence electrons. The summed E-state index contributed by atoms with van der Waals surface area (Å²) in [6.07, 6.45) is 3.42. The van der Waals surface area contributed by atoms with Crippen LogP contribution >= 0.6 is 27.7 Å². The molecular formula is C23H19BrN2O2S. The zero-order chi connectivity index (χ0) is 20.5. The molecule has 3 aromatic rings. The largest absolute Gasteiger partial charge is 0.340 e. The summed E-state index contributed by atoms with van der Waals surface area (Å²) in [6.45, 7) is 6.63. The van der Waals surface area contributed by atoms with Crippen LogP contribution in [0.1, 0.15) is 16.8 Å². The van der Waals surface area contributed by atoms with E-state index in [1.54, 1.807) is 6.08 Å². The lowest BCUT2D eigenvalue weighted by molar-refractivity contribution is -0.122. The van der Waals surface area contributed by atoms with Crippen LogP contribution in [0.3, 0.4) is 0 Å². The van der Waals surface area contributed by atoms with E-state index in [4.69, 9.17) is 0 Å². The minimum atomic E-state index is -0.260. The van der Waals surface area contributed by atoms with Gasteiger partial charge < -0.3 is 4.57 Å². The third-order valence-electron chi connectivity index (χ3n) is 4.99. The number of carbonyl (C=O) groups excluding carboxylic acids is 2. The molecule has 0 saturated carbocycles. The Kier molecular flexibility index (Phi) is 5.48.